The standard InChI is InChI=1S/C19H24ClN5O2/c1-12(2)9-10-21-18-22-16-15(23(18)3)17(26)25(19(27)24(16)4)11-13-7-5-6-8-14(13)20/h5-8,12H,9-11H2,1-4H3,(H,21,22). The SMILES string of the molecule is CC(C)CCNc1nc2c(c(=O)n(Cc3ccccc3Cl)c(=O)n2C)n1C. The summed E-state index contributed by atoms with van der Waals surface area (Å²) in [6.45, 7) is 5.15. The predicted molar refractivity (Wildman–Crippen MR) is 109 cm³/mol. The second kappa shape index (κ2) is 7.60. The van der Waals surface area contributed by atoms with Crippen LogP contribution >= 0.6 is 11.6 Å². The van der Waals surface area contributed by atoms with Crippen molar-refractivity contribution in [1.82, 2.24) is 18.7 Å². The summed E-state index contributed by atoms with van der Waals surface area (Å²) in [4.78, 5) is 30.3. The molecule has 0 spiro atoms. The molecule has 0 radical (unpaired) electrons. The predicted octanol–water partition coefficient (Wildman–Crippen LogP) is 2.59. The van der Waals surface area contributed by atoms with Crippen LogP contribution in [0.4, 0.5) is 5.95 Å². The lowest BCUT2D eigenvalue weighted by molar-refractivity contribution is 0.605. The number of rotatable bonds is 6. The summed E-state index contributed by atoms with van der Waals surface area (Å²) in [6.07, 6.45) is 0.985. The third-order valence-corrected chi connectivity index (χ3v) is 5.02. The first-order chi connectivity index (χ1) is 12.8. The molecule has 0 unspecified atom stereocenters. The third kappa shape index (κ3) is 3.64. The lowest BCUT2D eigenvalue weighted by atomic mass is 10.1. The number of aryl methyl sites for hydroxylation is 2. The Balaban J connectivity index is 2.09. The second-order valence-electron chi connectivity index (χ2n) is 7.10. The van der Waals surface area contributed by atoms with Gasteiger partial charge in [0.25, 0.3) is 5.56 Å². The van der Waals surface area contributed by atoms with Crippen LogP contribution in [0.2, 0.25) is 5.02 Å². The Bertz CT molecular complexity index is 1090. The number of nitrogens with one attached hydrogen (secondary N) is 1. The first kappa shape index (κ1) is 19.2. The molecule has 3 aromatic rings. The van der Waals surface area contributed by atoms with E-state index in [1.807, 2.05) is 12.1 Å². The monoisotopic (exact) mass is 389 g/mol. The average Bonchev–Trinajstić information content (AvgIpc) is 2.95. The fourth-order valence-electron chi connectivity index (χ4n) is 3.01. The zero-order valence-electron chi connectivity index (χ0n) is 16.0. The maximum atomic E-state index is 13.1. The van der Waals surface area contributed by atoms with Gasteiger partial charge in [-0.25, -0.2) is 4.79 Å². The van der Waals surface area contributed by atoms with Crippen LogP contribution in [0.5, 0.6) is 0 Å². The minimum atomic E-state index is -0.417. The maximum Gasteiger partial charge on any atom is 0.332 e. The molecular formula is C19H24ClN5O2. The number of aromatic nitrogens is 4. The Labute approximate surface area is 162 Å². The molecule has 144 valence electrons. The molecule has 1 aromatic carbocycles. The molecule has 0 bridgehead atoms. The third-order valence-electron chi connectivity index (χ3n) is 4.65. The minimum Gasteiger partial charge on any atom is -0.356 e. The zero-order chi connectivity index (χ0) is 19.7. The smallest absolute Gasteiger partial charge is 0.332 e. The van der Waals surface area contributed by atoms with E-state index in [4.69, 9.17) is 11.6 Å². The fourth-order valence-corrected chi connectivity index (χ4v) is 3.21. The van der Waals surface area contributed by atoms with E-state index in [1.165, 1.54) is 9.13 Å². The van der Waals surface area contributed by atoms with E-state index in [0.29, 0.717) is 28.1 Å². The van der Waals surface area contributed by atoms with Crippen LogP contribution in [0.1, 0.15) is 25.8 Å². The number of halogens is 1. The average molecular weight is 390 g/mol. The van der Waals surface area contributed by atoms with Crippen LogP contribution in [0, 0.1) is 5.92 Å². The summed E-state index contributed by atoms with van der Waals surface area (Å²) in [5.74, 6) is 1.14. The quantitative estimate of drug-likeness (QED) is 0.703. The maximum absolute atomic E-state index is 13.1. The van der Waals surface area contributed by atoms with E-state index in [2.05, 4.69) is 24.1 Å². The van der Waals surface area contributed by atoms with Crippen LogP contribution in [-0.4, -0.2) is 25.2 Å². The van der Waals surface area contributed by atoms with Gasteiger partial charge in [-0.1, -0.05) is 43.6 Å². The minimum absolute atomic E-state index is 0.114. The van der Waals surface area contributed by atoms with Crippen molar-refractivity contribution < 1.29 is 0 Å². The van der Waals surface area contributed by atoms with Crippen LogP contribution in [0.3, 0.4) is 0 Å². The molecular weight excluding hydrogens is 366 g/mol. The van der Waals surface area contributed by atoms with Gasteiger partial charge in [0.2, 0.25) is 5.95 Å². The van der Waals surface area contributed by atoms with E-state index >= 15 is 0 Å². The Hall–Kier alpha value is -2.54. The van der Waals surface area contributed by atoms with E-state index < -0.39 is 5.69 Å². The number of hydrogen-bond acceptors (Lipinski definition) is 4. The number of anilines is 1. The van der Waals surface area contributed by atoms with E-state index in [0.717, 1.165) is 18.5 Å². The molecule has 2 heterocycles. The van der Waals surface area contributed by atoms with Gasteiger partial charge in [0.05, 0.1) is 6.54 Å². The molecule has 0 aliphatic rings. The molecule has 3 rings (SSSR count). The van der Waals surface area contributed by atoms with Crippen molar-refractivity contribution in [1.29, 1.82) is 0 Å². The van der Waals surface area contributed by atoms with Gasteiger partial charge in [-0.05, 0) is 24.0 Å². The fraction of sp³-hybridized carbons (Fsp3) is 0.421. The van der Waals surface area contributed by atoms with Crippen molar-refractivity contribution in [3.63, 3.8) is 0 Å². The van der Waals surface area contributed by atoms with E-state index in [1.54, 1.807) is 30.8 Å². The van der Waals surface area contributed by atoms with Gasteiger partial charge in [-0.15, -0.1) is 0 Å². The van der Waals surface area contributed by atoms with Gasteiger partial charge in [-0.3, -0.25) is 13.9 Å². The zero-order valence-corrected chi connectivity index (χ0v) is 16.7. The normalized spacial score (nSPS) is 11.5. The summed E-state index contributed by atoms with van der Waals surface area (Å²) in [5, 5.41) is 3.77. The molecule has 0 saturated heterocycles. The molecule has 2 aromatic heterocycles. The molecule has 0 amide bonds. The highest BCUT2D eigenvalue weighted by Gasteiger charge is 2.19. The van der Waals surface area contributed by atoms with Crippen LogP contribution in [0.25, 0.3) is 11.2 Å². The highest BCUT2D eigenvalue weighted by Crippen LogP contribution is 2.17. The van der Waals surface area contributed by atoms with Crippen molar-refractivity contribution in [3.05, 3.63) is 55.7 Å². The highest BCUT2D eigenvalue weighted by atomic mass is 35.5. The van der Waals surface area contributed by atoms with Gasteiger partial charge in [0.1, 0.15) is 0 Å². The summed E-state index contributed by atoms with van der Waals surface area (Å²) in [7, 11) is 3.40. The summed E-state index contributed by atoms with van der Waals surface area (Å²) in [5.41, 5.74) is 0.681. The number of fused-ring (bicyclic) bond motifs is 1. The summed E-state index contributed by atoms with van der Waals surface area (Å²) < 4.78 is 4.31. The van der Waals surface area contributed by atoms with Crippen molar-refractivity contribution in [3.8, 4) is 0 Å². The topological polar surface area (TPSA) is 73.8 Å². The Kier molecular flexibility index (Phi) is 5.41. The largest absolute Gasteiger partial charge is 0.356 e. The van der Waals surface area contributed by atoms with Crippen LogP contribution in [-0.2, 0) is 20.6 Å². The molecule has 8 heteroatoms. The van der Waals surface area contributed by atoms with Gasteiger partial charge >= 0.3 is 5.69 Å². The van der Waals surface area contributed by atoms with Gasteiger partial charge in [0.15, 0.2) is 11.2 Å². The first-order valence-corrected chi connectivity index (χ1v) is 9.32. The Morgan fingerprint density at radius 3 is 2.52 bits per heavy atom. The second-order valence-corrected chi connectivity index (χ2v) is 7.51. The van der Waals surface area contributed by atoms with E-state index in [-0.39, 0.29) is 12.1 Å². The molecule has 0 fully saturated rings. The highest BCUT2D eigenvalue weighted by molar-refractivity contribution is 6.31. The molecule has 7 nitrogen and oxygen atoms in total. The molecule has 0 aliphatic heterocycles. The molecule has 0 atom stereocenters. The number of imidazole rings is 1. The van der Waals surface area contributed by atoms with Crippen LogP contribution in [0.15, 0.2) is 33.9 Å². The Morgan fingerprint density at radius 2 is 1.85 bits per heavy atom. The van der Waals surface area contributed by atoms with E-state index in [9.17, 15) is 9.59 Å². The van der Waals surface area contributed by atoms with Crippen molar-refractivity contribution in [2.24, 2.45) is 20.0 Å². The summed E-state index contributed by atoms with van der Waals surface area (Å²) >= 11 is 6.20. The number of benzene rings is 1. The Morgan fingerprint density at radius 1 is 1.15 bits per heavy atom. The molecule has 1 N–H and O–H groups in total. The number of hydrogen-bond donors (Lipinski definition) is 1. The van der Waals surface area contributed by atoms with Crippen molar-refractivity contribution >= 4 is 28.7 Å². The number of nitrogens with zero attached hydrogens (tertiary/aromatic N) is 4. The summed E-state index contributed by atoms with van der Waals surface area (Å²) in [6, 6.07) is 7.19. The lowest BCUT2D eigenvalue weighted by Crippen LogP contribution is -2.39. The molecule has 0 aliphatic carbocycles. The van der Waals surface area contributed by atoms with Gasteiger partial charge in [0, 0.05) is 25.7 Å². The van der Waals surface area contributed by atoms with Gasteiger partial charge in [-0.2, -0.15) is 4.98 Å². The van der Waals surface area contributed by atoms with Crippen molar-refractivity contribution in [2.45, 2.75) is 26.8 Å². The van der Waals surface area contributed by atoms with Crippen LogP contribution < -0.4 is 16.6 Å². The van der Waals surface area contributed by atoms with Gasteiger partial charge < -0.3 is 9.88 Å². The van der Waals surface area contributed by atoms with Crippen molar-refractivity contribution in [2.75, 3.05) is 11.9 Å². The lowest BCUT2D eigenvalue weighted by Gasteiger charge is -2.10. The molecule has 27 heavy (non-hydrogen) atoms. The first-order valence-electron chi connectivity index (χ1n) is 8.94. The molecule has 0 saturated carbocycles.